The summed E-state index contributed by atoms with van der Waals surface area (Å²) >= 11 is 1.91. The van der Waals surface area contributed by atoms with Gasteiger partial charge in [0.1, 0.15) is 0 Å². The molecule has 0 aliphatic heterocycles. The monoisotopic (exact) mass is 162 g/mol. The van der Waals surface area contributed by atoms with E-state index in [1.807, 2.05) is 11.8 Å². The second kappa shape index (κ2) is 12.1. The third-order valence-corrected chi connectivity index (χ3v) is 2.00. The molecule has 0 N–H and O–H groups in total. The lowest BCUT2D eigenvalue weighted by molar-refractivity contribution is 0.751. The Morgan fingerprint density at radius 2 is 1.50 bits per heavy atom. The molecule has 0 aromatic heterocycles. The van der Waals surface area contributed by atoms with Crippen molar-refractivity contribution in [1.82, 2.24) is 0 Å². The minimum absolute atomic E-state index is 0.861. The van der Waals surface area contributed by atoms with Crippen molar-refractivity contribution in [1.29, 1.82) is 0 Å². The highest BCUT2D eigenvalue weighted by atomic mass is 32.2. The van der Waals surface area contributed by atoms with Crippen LogP contribution in [0.4, 0.5) is 0 Å². The summed E-state index contributed by atoms with van der Waals surface area (Å²) in [5, 5.41) is 0. The topological polar surface area (TPSA) is 0 Å². The Hall–Kier alpha value is 0.350. The van der Waals surface area contributed by atoms with Crippen molar-refractivity contribution >= 4 is 11.8 Å². The van der Waals surface area contributed by atoms with Gasteiger partial charge in [-0.15, -0.1) is 0 Å². The van der Waals surface area contributed by atoms with Crippen LogP contribution in [0.1, 0.15) is 40.5 Å². The van der Waals surface area contributed by atoms with E-state index in [1.54, 1.807) is 0 Å². The molecule has 10 heavy (non-hydrogen) atoms. The predicted octanol–water partition coefficient (Wildman–Crippen LogP) is 3.81. The number of hydrogen-bond acceptors (Lipinski definition) is 1. The maximum absolute atomic E-state index is 2.23. The summed E-state index contributed by atoms with van der Waals surface area (Å²) in [7, 11) is 0. The molecule has 0 spiro atoms. The van der Waals surface area contributed by atoms with E-state index >= 15 is 0 Å². The summed E-state index contributed by atoms with van der Waals surface area (Å²) in [6.07, 6.45) is 4.78. The number of hydrogen-bond donors (Lipinski definition) is 0. The van der Waals surface area contributed by atoms with Crippen LogP contribution in [0.25, 0.3) is 0 Å². The van der Waals surface area contributed by atoms with Gasteiger partial charge in [-0.3, -0.25) is 0 Å². The van der Waals surface area contributed by atoms with Crippen molar-refractivity contribution in [3.05, 3.63) is 0 Å². The molecule has 0 bridgehead atoms. The Labute approximate surface area is 70.8 Å². The van der Waals surface area contributed by atoms with Crippen LogP contribution in [0.2, 0.25) is 0 Å². The van der Waals surface area contributed by atoms with E-state index in [-0.39, 0.29) is 0 Å². The molecule has 0 heterocycles. The van der Waals surface area contributed by atoms with Crippen molar-refractivity contribution in [2.45, 2.75) is 40.5 Å². The first-order valence-electron chi connectivity index (χ1n) is 4.17. The maximum Gasteiger partial charge on any atom is -0.00472 e. The molecular weight excluding hydrogens is 140 g/mol. The van der Waals surface area contributed by atoms with Crippen LogP contribution < -0.4 is 0 Å². The smallest absolute Gasteiger partial charge is 0.00472 e. The summed E-state index contributed by atoms with van der Waals surface area (Å²) in [5.41, 5.74) is 0. The fraction of sp³-hybridized carbons (Fsp3) is 1.00. The van der Waals surface area contributed by atoms with Crippen LogP contribution in [0.3, 0.4) is 0 Å². The van der Waals surface area contributed by atoms with Crippen LogP contribution in [0.15, 0.2) is 0 Å². The van der Waals surface area contributed by atoms with Gasteiger partial charge in [0.15, 0.2) is 0 Å². The molecule has 0 radical (unpaired) electrons. The lowest BCUT2D eigenvalue weighted by atomic mass is 10.3. The van der Waals surface area contributed by atoms with Gasteiger partial charge < -0.3 is 0 Å². The summed E-state index contributed by atoms with van der Waals surface area (Å²) in [6, 6.07) is 0. The first-order chi connectivity index (χ1) is 4.68. The largest absolute Gasteiger partial charge is 0.165 e. The van der Waals surface area contributed by atoms with E-state index in [9.17, 15) is 0 Å². The molecule has 0 aromatic carbocycles. The highest BCUT2D eigenvalue weighted by Gasteiger charge is 1.85. The van der Waals surface area contributed by atoms with Gasteiger partial charge >= 0.3 is 0 Å². The fourth-order valence-corrected chi connectivity index (χ4v) is 1.00. The summed E-state index contributed by atoms with van der Waals surface area (Å²) < 4.78 is 0. The van der Waals surface area contributed by atoms with Gasteiger partial charge in [-0.2, -0.15) is 11.8 Å². The highest BCUT2D eigenvalue weighted by Crippen LogP contribution is 2.00. The van der Waals surface area contributed by atoms with E-state index < -0.39 is 0 Å². The van der Waals surface area contributed by atoms with Crippen LogP contribution in [-0.4, -0.2) is 12.0 Å². The fourth-order valence-electron chi connectivity index (χ4n) is 0.333. The van der Waals surface area contributed by atoms with Crippen molar-refractivity contribution in [3.63, 3.8) is 0 Å². The normalized spacial score (nSPS) is 9.00. The second-order valence-electron chi connectivity index (χ2n) is 2.85. The zero-order valence-corrected chi connectivity index (χ0v) is 8.92. The molecular formula is C9H22S. The Kier molecular flexibility index (Phi) is 15.7. The molecule has 0 aliphatic rings. The Morgan fingerprint density at radius 3 is 1.50 bits per heavy atom. The Morgan fingerprint density at radius 1 is 1.10 bits per heavy atom. The summed E-state index contributed by atoms with van der Waals surface area (Å²) in [6.45, 7) is 8.83. The third kappa shape index (κ3) is 23.8. The second-order valence-corrected chi connectivity index (χ2v) is 3.76. The molecule has 0 saturated carbocycles. The van der Waals surface area contributed by atoms with Gasteiger partial charge in [0, 0.05) is 0 Å². The van der Waals surface area contributed by atoms with Gasteiger partial charge in [0.05, 0.1) is 0 Å². The van der Waals surface area contributed by atoms with E-state index in [0.717, 1.165) is 5.92 Å². The molecule has 64 valence electrons. The predicted molar refractivity (Wildman–Crippen MR) is 53.8 cm³/mol. The zero-order valence-electron chi connectivity index (χ0n) is 8.11. The van der Waals surface area contributed by atoms with E-state index in [0.29, 0.717) is 0 Å². The highest BCUT2D eigenvalue weighted by molar-refractivity contribution is 7.98. The molecule has 0 saturated heterocycles. The van der Waals surface area contributed by atoms with Crippen molar-refractivity contribution in [2.75, 3.05) is 12.0 Å². The Bertz CT molecular complexity index is 40.0. The van der Waals surface area contributed by atoms with Crippen molar-refractivity contribution in [2.24, 2.45) is 5.92 Å². The van der Waals surface area contributed by atoms with Crippen molar-refractivity contribution < 1.29 is 0 Å². The molecule has 0 aliphatic carbocycles. The van der Waals surface area contributed by atoms with Gasteiger partial charge in [-0.25, -0.2) is 0 Å². The number of rotatable bonds is 3. The van der Waals surface area contributed by atoms with E-state index in [4.69, 9.17) is 0 Å². The van der Waals surface area contributed by atoms with Crippen LogP contribution >= 0.6 is 11.8 Å². The average Bonchev–Trinajstić information content (AvgIpc) is 1.89. The molecule has 0 unspecified atom stereocenters. The van der Waals surface area contributed by atoms with Gasteiger partial charge in [0.2, 0.25) is 0 Å². The quantitative estimate of drug-likeness (QED) is 0.608. The van der Waals surface area contributed by atoms with Gasteiger partial charge in [-0.1, -0.05) is 40.5 Å². The molecule has 0 aromatic rings. The van der Waals surface area contributed by atoms with Gasteiger partial charge in [-0.05, 0) is 17.9 Å². The van der Waals surface area contributed by atoms with Crippen LogP contribution in [0.5, 0.6) is 0 Å². The third-order valence-electron chi connectivity index (χ3n) is 1.00. The lowest BCUT2D eigenvalue weighted by Gasteiger charge is -1.95. The van der Waals surface area contributed by atoms with Crippen LogP contribution in [-0.2, 0) is 0 Å². The summed E-state index contributed by atoms with van der Waals surface area (Å²) in [5.74, 6) is 2.15. The lowest BCUT2D eigenvalue weighted by Crippen LogP contribution is -1.87. The average molecular weight is 162 g/mol. The number of unbranched alkanes of at least 4 members (excludes halogenated alkanes) is 1. The molecule has 1 heteroatoms. The standard InChI is InChI=1S/C5H12S.C4H10/c1-5(2)4-6-3;1-3-4-2/h5H,4H2,1-3H3;3-4H2,1-2H3. The van der Waals surface area contributed by atoms with Gasteiger partial charge in [0.25, 0.3) is 0 Å². The first-order valence-corrected chi connectivity index (χ1v) is 5.57. The Balaban J connectivity index is 0. The zero-order chi connectivity index (χ0) is 8.41. The minimum Gasteiger partial charge on any atom is -0.165 e. The SMILES string of the molecule is CCCC.CSCC(C)C. The molecule has 0 fully saturated rings. The minimum atomic E-state index is 0.861. The molecule has 0 atom stereocenters. The molecule has 0 nitrogen and oxygen atoms in total. The van der Waals surface area contributed by atoms with E-state index in [2.05, 4.69) is 34.0 Å². The van der Waals surface area contributed by atoms with E-state index in [1.165, 1.54) is 18.6 Å². The molecule has 0 amide bonds. The maximum atomic E-state index is 2.23. The number of thioether (sulfide) groups is 1. The van der Waals surface area contributed by atoms with Crippen LogP contribution in [0, 0.1) is 5.92 Å². The summed E-state index contributed by atoms with van der Waals surface area (Å²) in [4.78, 5) is 0. The van der Waals surface area contributed by atoms with Crippen molar-refractivity contribution in [3.8, 4) is 0 Å². The first kappa shape index (κ1) is 13.0. The molecule has 0 rings (SSSR count).